The van der Waals surface area contributed by atoms with E-state index in [1.807, 2.05) is 42.5 Å². The Bertz CT molecular complexity index is 630. The van der Waals surface area contributed by atoms with Crippen LogP contribution in [0.4, 0.5) is 5.69 Å². The normalized spacial score (nSPS) is 11.2. The number of nitro groups is 1. The maximum Gasteiger partial charge on any atom is 0.264 e. The summed E-state index contributed by atoms with van der Waals surface area (Å²) in [6.45, 7) is 0. The van der Waals surface area contributed by atoms with Gasteiger partial charge in [0.25, 0.3) is 6.20 Å². The Labute approximate surface area is 132 Å². The predicted molar refractivity (Wildman–Crippen MR) is 87.9 cm³/mol. The predicted octanol–water partition coefficient (Wildman–Crippen LogP) is 4.76. The molecule has 108 valence electrons. The number of nitrogens with zero attached hydrogens (tertiary/aromatic N) is 1. The van der Waals surface area contributed by atoms with Gasteiger partial charge in [-0.05, 0) is 29.8 Å². The Morgan fingerprint density at radius 2 is 1.86 bits per heavy atom. The second-order valence-corrected chi connectivity index (χ2v) is 5.64. The molecular formula is C15H13ClN2O2S. The van der Waals surface area contributed by atoms with E-state index < -0.39 is 4.92 Å². The highest BCUT2D eigenvalue weighted by molar-refractivity contribution is 8.02. The molecule has 0 amide bonds. The van der Waals surface area contributed by atoms with Crippen LogP contribution in [-0.2, 0) is 5.75 Å². The fourth-order valence-corrected chi connectivity index (χ4v) is 2.60. The van der Waals surface area contributed by atoms with Gasteiger partial charge in [-0.25, -0.2) is 0 Å². The van der Waals surface area contributed by atoms with Gasteiger partial charge in [0.1, 0.15) is 5.03 Å². The van der Waals surface area contributed by atoms with Crippen molar-refractivity contribution in [2.45, 2.75) is 5.75 Å². The van der Waals surface area contributed by atoms with Crippen LogP contribution >= 0.6 is 23.4 Å². The maximum absolute atomic E-state index is 10.7. The zero-order chi connectivity index (χ0) is 15.1. The van der Waals surface area contributed by atoms with Gasteiger partial charge in [0, 0.05) is 16.5 Å². The second kappa shape index (κ2) is 7.71. The maximum atomic E-state index is 10.7. The second-order valence-electron chi connectivity index (χ2n) is 4.18. The van der Waals surface area contributed by atoms with Gasteiger partial charge in [-0.2, -0.15) is 0 Å². The summed E-state index contributed by atoms with van der Waals surface area (Å²) in [6, 6.07) is 16.8. The van der Waals surface area contributed by atoms with E-state index in [0.717, 1.165) is 17.5 Å². The molecule has 4 nitrogen and oxygen atoms in total. The molecule has 2 aromatic rings. The van der Waals surface area contributed by atoms with E-state index in [1.165, 1.54) is 11.8 Å². The Hall–Kier alpha value is -1.98. The highest BCUT2D eigenvalue weighted by Gasteiger charge is 2.05. The van der Waals surface area contributed by atoms with Gasteiger partial charge >= 0.3 is 0 Å². The Morgan fingerprint density at radius 1 is 1.19 bits per heavy atom. The summed E-state index contributed by atoms with van der Waals surface area (Å²) in [5, 5.41) is 14.9. The van der Waals surface area contributed by atoms with Gasteiger partial charge in [0.05, 0.1) is 4.92 Å². The van der Waals surface area contributed by atoms with E-state index in [2.05, 4.69) is 5.32 Å². The van der Waals surface area contributed by atoms with Crippen molar-refractivity contribution in [3.63, 3.8) is 0 Å². The first-order valence-electron chi connectivity index (χ1n) is 6.18. The van der Waals surface area contributed by atoms with Crippen molar-refractivity contribution in [3.8, 4) is 0 Å². The Balaban J connectivity index is 2.03. The lowest BCUT2D eigenvalue weighted by Gasteiger charge is -2.08. The lowest BCUT2D eigenvalue weighted by molar-refractivity contribution is -0.402. The third-order valence-electron chi connectivity index (χ3n) is 2.57. The van der Waals surface area contributed by atoms with Gasteiger partial charge < -0.3 is 5.32 Å². The van der Waals surface area contributed by atoms with Crippen molar-refractivity contribution >= 4 is 29.1 Å². The molecular weight excluding hydrogens is 308 g/mol. The van der Waals surface area contributed by atoms with E-state index in [9.17, 15) is 10.1 Å². The van der Waals surface area contributed by atoms with E-state index >= 15 is 0 Å². The molecule has 2 aromatic carbocycles. The molecule has 0 bridgehead atoms. The molecule has 21 heavy (non-hydrogen) atoms. The number of hydrogen-bond donors (Lipinski definition) is 1. The summed E-state index contributed by atoms with van der Waals surface area (Å²) in [5.41, 5.74) is 1.86. The van der Waals surface area contributed by atoms with E-state index in [1.54, 1.807) is 12.1 Å². The molecule has 0 atom stereocenters. The average molecular weight is 321 g/mol. The van der Waals surface area contributed by atoms with Crippen LogP contribution in [0.15, 0.2) is 65.8 Å². The highest BCUT2D eigenvalue weighted by Crippen LogP contribution is 2.24. The zero-order valence-corrected chi connectivity index (χ0v) is 12.6. The summed E-state index contributed by atoms with van der Waals surface area (Å²) in [7, 11) is 0. The van der Waals surface area contributed by atoms with E-state index in [-0.39, 0.29) is 0 Å². The van der Waals surface area contributed by atoms with Crippen LogP contribution in [0.1, 0.15) is 5.56 Å². The summed E-state index contributed by atoms with van der Waals surface area (Å²) in [5.74, 6) is 0.622. The molecule has 0 aromatic heterocycles. The monoisotopic (exact) mass is 320 g/mol. The molecule has 0 saturated heterocycles. The molecule has 0 aliphatic carbocycles. The molecule has 0 aliphatic heterocycles. The van der Waals surface area contributed by atoms with Crippen LogP contribution in [-0.4, -0.2) is 4.92 Å². The van der Waals surface area contributed by atoms with Gasteiger partial charge in [-0.3, -0.25) is 10.1 Å². The minimum Gasteiger partial charge on any atom is -0.345 e. The minimum atomic E-state index is -0.458. The van der Waals surface area contributed by atoms with Gasteiger partial charge in [0.2, 0.25) is 0 Å². The molecule has 0 radical (unpaired) electrons. The lowest BCUT2D eigenvalue weighted by atomic mass is 10.2. The first-order chi connectivity index (χ1) is 10.1. The quantitative estimate of drug-likeness (QED) is 0.616. The van der Waals surface area contributed by atoms with E-state index in [4.69, 9.17) is 11.6 Å². The Morgan fingerprint density at radius 3 is 2.48 bits per heavy atom. The largest absolute Gasteiger partial charge is 0.345 e. The molecule has 0 fully saturated rings. The smallest absolute Gasteiger partial charge is 0.264 e. The van der Waals surface area contributed by atoms with Gasteiger partial charge in [-0.1, -0.05) is 53.7 Å². The highest BCUT2D eigenvalue weighted by atomic mass is 35.5. The molecule has 0 unspecified atom stereocenters. The lowest BCUT2D eigenvalue weighted by Crippen LogP contribution is -2.00. The summed E-state index contributed by atoms with van der Waals surface area (Å²) >= 11 is 7.20. The number of anilines is 1. The van der Waals surface area contributed by atoms with E-state index in [0.29, 0.717) is 15.8 Å². The van der Waals surface area contributed by atoms with Crippen molar-refractivity contribution in [3.05, 3.63) is 86.5 Å². The molecule has 2 rings (SSSR count). The molecule has 0 saturated carbocycles. The Kier molecular flexibility index (Phi) is 5.66. The molecule has 1 N–H and O–H groups in total. The topological polar surface area (TPSA) is 55.2 Å². The standard InChI is InChI=1S/C15H13ClN2O2S/c16-13-8-6-12(7-9-13)11-21-15(10-18(19)20)17-14-4-2-1-3-5-14/h1-10,17H,11H2/b15-10-. The van der Waals surface area contributed by atoms with Crippen LogP contribution in [0.25, 0.3) is 0 Å². The SMILES string of the molecule is O=[N+]([O-])/C=C(/Nc1ccccc1)SCc1ccc(Cl)cc1. The number of hydrogen-bond acceptors (Lipinski definition) is 4. The number of rotatable bonds is 6. The zero-order valence-electron chi connectivity index (χ0n) is 11.0. The van der Waals surface area contributed by atoms with Crippen molar-refractivity contribution < 1.29 is 4.92 Å². The third kappa shape index (κ3) is 5.49. The number of benzene rings is 2. The van der Waals surface area contributed by atoms with Crippen LogP contribution in [0.2, 0.25) is 5.02 Å². The van der Waals surface area contributed by atoms with Gasteiger partial charge in [-0.15, -0.1) is 0 Å². The van der Waals surface area contributed by atoms with Crippen molar-refractivity contribution in [1.29, 1.82) is 0 Å². The van der Waals surface area contributed by atoms with Crippen LogP contribution in [0, 0.1) is 10.1 Å². The van der Waals surface area contributed by atoms with Crippen molar-refractivity contribution in [2.24, 2.45) is 0 Å². The fraction of sp³-hybridized carbons (Fsp3) is 0.0667. The fourth-order valence-electron chi connectivity index (χ4n) is 1.61. The first kappa shape index (κ1) is 15.4. The minimum absolute atomic E-state index is 0.458. The summed E-state index contributed by atoms with van der Waals surface area (Å²) in [6.07, 6.45) is 0.980. The molecule has 6 heteroatoms. The van der Waals surface area contributed by atoms with Gasteiger partial charge in [0.15, 0.2) is 0 Å². The number of halogens is 1. The summed E-state index contributed by atoms with van der Waals surface area (Å²) in [4.78, 5) is 10.3. The number of thioether (sulfide) groups is 1. The molecule has 0 heterocycles. The number of nitrogens with one attached hydrogen (secondary N) is 1. The first-order valence-corrected chi connectivity index (χ1v) is 7.54. The van der Waals surface area contributed by atoms with Crippen molar-refractivity contribution in [2.75, 3.05) is 5.32 Å². The molecule has 0 spiro atoms. The van der Waals surface area contributed by atoms with Crippen molar-refractivity contribution in [1.82, 2.24) is 0 Å². The number of para-hydroxylation sites is 1. The van der Waals surface area contributed by atoms with Crippen LogP contribution < -0.4 is 5.32 Å². The molecule has 0 aliphatic rings. The van der Waals surface area contributed by atoms with Crippen LogP contribution in [0.3, 0.4) is 0 Å². The van der Waals surface area contributed by atoms with Crippen LogP contribution in [0.5, 0.6) is 0 Å². The average Bonchev–Trinajstić information content (AvgIpc) is 2.47. The summed E-state index contributed by atoms with van der Waals surface area (Å²) < 4.78 is 0. The third-order valence-corrected chi connectivity index (χ3v) is 3.82.